The Bertz CT molecular complexity index is 747. The third-order valence-electron chi connectivity index (χ3n) is 5.28. The monoisotopic (exact) mass is 355 g/mol. The first-order valence-electron chi connectivity index (χ1n) is 9.19. The van der Waals surface area contributed by atoms with Crippen LogP contribution >= 0.6 is 0 Å². The highest BCUT2D eigenvalue weighted by atomic mass is 16.5. The molecule has 0 bridgehead atoms. The Morgan fingerprint density at radius 3 is 3.08 bits per heavy atom. The molecule has 0 saturated carbocycles. The molecule has 0 aliphatic carbocycles. The van der Waals surface area contributed by atoms with Crippen LogP contribution in [-0.4, -0.2) is 50.9 Å². The number of hydrogen-bond acceptors (Lipinski definition) is 5. The Morgan fingerprint density at radius 1 is 1.38 bits per heavy atom. The van der Waals surface area contributed by atoms with Gasteiger partial charge in [0.2, 0.25) is 5.91 Å². The molecule has 2 saturated heterocycles. The number of carbonyl (C=O) groups excluding carboxylic acids is 1. The second-order valence-corrected chi connectivity index (χ2v) is 7.28. The Labute approximate surface area is 153 Å². The van der Waals surface area contributed by atoms with E-state index < -0.39 is 0 Å². The lowest BCUT2D eigenvalue weighted by Gasteiger charge is -2.33. The van der Waals surface area contributed by atoms with Gasteiger partial charge in [-0.3, -0.25) is 19.4 Å². The molecule has 4 heterocycles. The van der Waals surface area contributed by atoms with Crippen molar-refractivity contribution in [2.75, 3.05) is 13.1 Å². The summed E-state index contributed by atoms with van der Waals surface area (Å²) in [6, 6.07) is 3.83. The van der Waals surface area contributed by atoms with E-state index in [0.29, 0.717) is 12.5 Å². The molecule has 7 nitrogen and oxygen atoms in total. The van der Waals surface area contributed by atoms with Gasteiger partial charge < -0.3 is 10.1 Å². The minimum atomic E-state index is -0.333. The first-order valence-corrected chi connectivity index (χ1v) is 9.19. The zero-order chi connectivity index (χ0) is 17.9. The van der Waals surface area contributed by atoms with Crippen LogP contribution in [0.1, 0.15) is 24.0 Å². The first kappa shape index (κ1) is 17.2. The quantitative estimate of drug-likeness (QED) is 0.870. The number of carbonyl (C=O) groups is 1. The lowest BCUT2D eigenvalue weighted by atomic mass is 9.91. The number of likely N-dealkylation sites (tertiary alicyclic amines) is 1. The maximum absolute atomic E-state index is 12.5. The van der Waals surface area contributed by atoms with Gasteiger partial charge in [0.05, 0.1) is 12.3 Å². The third kappa shape index (κ3) is 3.94. The number of ether oxygens (including phenoxy) is 1. The average molecular weight is 355 g/mol. The van der Waals surface area contributed by atoms with Crippen molar-refractivity contribution in [3.05, 3.63) is 48.0 Å². The third-order valence-corrected chi connectivity index (χ3v) is 5.28. The lowest BCUT2D eigenvalue weighted by Crippen LogP contribution is -2.42. The van der Waals surface area contributed by atoms with Gasteiger partial charge in [0, 0.05) is 50.8 Å². The Morgan fingerprint density at radius 2 is 2.31 bits per heavy atom. The van der Waals surface area contributed by atoms with E-state index >= 15 is 0 Å². The van der Waals surface area contributed by atoms with Gasteiger partial charge in [-0.2, -0.15) is 5.10 Å². The summed E-state index contributed by atoms with van der Waals surface area (Å²) in [7, 11) is 1.94. The van der Waals surface area contributed by atoms with Crippen LogP contribution in [0, 0.1) is 5.92 Å². The van der Waals surface area contributed by atoms with Crippen molar-refractivity contribution >= 4 is 5.91 Å². The van der Waals surface area contributed by atoms with Crippen molar-refractivity contribution in [2.45, 2.75) is 38.1 Å². The van der Waals surface area contributed by atoms with Crippen LogP contribution in [0.25, 0.3) is 0 Å². The van der Waals surface area contributed by atoms with Gasteiger partial charge in [-0.05, 0) is 36.9 Å². The van der Waals surface area contributed by atoms with Crippen molar-refractivity contribution in [1.82, 2.24) is 25.0 Å². The van der Waals surface area contributed by atoms with E-state index in [1.54, 1.807) is 12.4 Å². The highest BCUT2D eigenvalue weighted by Crippen LogP contribution is 2.33. The zero-order valence-electron chi connectivity index (χ0n) is 15.0. The van der Waals surface area contributed by atoms with E-state index in [1.807, 2.05) is 30.1 Å². The van der Waals surface area contributed by atoms with Crippen molar-refractivity contribution < 1.29 is 9.53 Å². The smallest absolute Gasteiger partial charge is 0.249 e. The van der Waals surface area contributed by atoms with E-state index in [9.17, 15) is 4.79 Å². The standard InChI is InChI=1S/C19H25N5O2/c1-23-11-15(10-22-23)12-24-6-4-16-7-17(26-18(16)13-24)19(25)21-9-14-3-2-5-20-8-14/h2-3,5,8,10-11,16-18H,4,6-7,9,12-13H2,1H3,(H,21,25)/t16-,17+,18+/m1/s1. The lowest BCUT2D eigenvalue weighted by molar-refractivity contribution is -0.133. The molecule has 2 aromatic heterocycles. The van der Waals surface area contributed by atoms with Crippen LogP contribution < -0.4 is 5.32 Å². The number of hydrogen-bond donors (Lipinski definition) is 1. The fraction of sp³-hybridized carbons (Fsp3) is 0.526. The van der Waals surface area contributed by atoms with E-state index in [2.05, 4.69) is 26.5 Å². The molecule has 2 fully saturated rings. The molecule has 2 aliphatic heterocycles. The predicted molar refractivity (Wildman–Crippen MR) is 96.0 cm³/mol. The number of aromatic nitrogens is 3. The SMILES string of the molecule is Cn1cc(CN2CC[C@@H]3C[C@@H](C(=O)NCc4cccnc4)O[C@H]3C2)cn1. The molecule has 1 N–H and O–H groups in total. The number of fused-ring (bicyclic) bond motifs is 1. The van der Waals surface area contributed by atoms with Gasteiger partial charge in [0.25, 0.3) is 0 Å². The summed E-state index contributed by atoms with van der Waals surface area (Å²) in [5, 5.41) is 7.21. The normalized spacial score (nSPS) is 25.8. The molecule has 138 valence electrons. The van der Waals surface area contributed by atoms with Gasteiger partial charge in [-0.15, -0.1) is 0 Å². The van der Waals surface area contributed by atoms with Crippen molar-refractivity contribution in [2.24, 2.45) is 13.0 Å². The van der Waals surface area contributed by atoms with E-state index in [4.69, 9.17) is 4.74 Å². The molecule has 0 aromatic carbocycles. The van der Waals surface area contributed by atoms with Crippen LogP contribution in [0.4, 0.5) is 0 Å². The Hall–Kier alpha value is -2.25. The van der Waals surface area contributed by atoms with E-state index in [1.165, 1.54) is 5.56 Å². The topological polar surface area (TPSA) is 72.3 Å². The molecular formula is C19H25N5O2. The molecule has 1 amide bonds. The van der Waals surface area contributed by atoms with Crippen LogP contribution in [0.2, 0.25) is 0 Å². The Kier molecular flexibility index (Phi) is 4.99. The fourth-order valence-electron chi connectivity index (χ4n) is 3.92. The predicted octanol–water partition coefficient (Wildman–Crippen LogP) is 1.11. The van der Waals surface area contributed by atoms with Crippen LogP contribution in [0.15, 0.2) is 36.9 Å². The molecule has 0 radical (unpaired) electrons. The van der Waals surface area contributed by atoms with Gasteiger partial charge in [-0.1, -0.05) is 6.07 Å². The summed E-state index contributed by atoms with van der Waals surface area (Å²) in [5.74, 6) is 0.469. The molecule has 4 rings (SSSR count). The van der Waals surface area contributed by atoms with Crippen LogP contribution in [0.5, 0.6) is 0 Å². The summed E-state index contributed by atoms with van der Waals surface area (Å²) >= 11 is 0. The summed E-state index contributed by atoms with van der Waals surface area (Å²) in [6.07, 6.45) is 9.18. The summed E-state index contributed by atoms with van der Waals surface area (Å²) in [6.45, 7) is 3.31. The van der Waals surface area contributed by atoms with Gasteiger partial charge >= 0.3 is 0 Å². The average Bonchev–Trinajstić information content (AvgIpc) is 3.26. The molecule has 3 atom stereocenters. The molecule has 2 aliphatic rings. The molecule has 26 heavy (non-hydrogen) atoms. The van der Waals surface area contributed by atoms with Gasteiger partial charge in [0.1, 0.15) is 6.10 Å². The van der Waals surface area contributed by atoms with Crippen molar-refractivity contribution in [3.8, 4) is 0 Å². The number of pyridine rings is 1. The molecule has 0 unspecified atom stereocenters. The van der Waals surface area contributed by atoms with Crippen molar-refractivity contribution in [1.29, 1.82) is 0 Å². The minimum Gasteiger partial charge on any atom is -0.364 e. The second-order valence-electron chi connectivity index (χ2n) is 7.28. The first-order chi connectivity index (χ1) is 12.7. The molecule has 7 heteroatoms. The number of aryl methyl sites for hydroxylation is 1. The summed E-state index contributed by atoms with van der Waals surface area (Å²) in [5.41, 5.74) is 2.22. The number of piperidine rings is 1. The highest BCUT2D eigenvalue weighted by molar-refractivity contribution is 5.81. The van der Waals surface area contributed by atoms with Crippen LogP contribution in [0.3, 0.4) is 0 Å². The van der Waals surface area contributed by atoms with Gasteiger partial charge in [0.15, 0.2) is 0 Å². The van der Waals surface area contributed by atoms with E-state index in [-0.39, 0.29) is 18.1 Å². The summed E-state index contributed by atoms with van der Waals surface area (Å²) in [4.78, 5) is 18.9. The largest absolute Gasteiger partial charge is 0.364 e. The Balaban J connectivity index is 1.28. The maximum Gasteiger partial charge on any atom is 0.249 e. The number of rotatable bonds is 5. The number of nitrogens with one attached hydrogen (secondary N) is 1. The molecule has 2 aromatic rings. The molecular weight excluding hydrogens is 330 g/mol. The number of nitrogens with zero attached hydrogens (tertiary/aromatic N) is 4. The van der Waals surface area contributed by atoms with E-state index in [0.717, 1.165) is 38.0 Å². The zero-order valence-corrected chi connectivity index (χ0v) is 15.0. The second kappa shape index (κ2) is 7.55. The van der Waals surface area contributed by atoms with Crippen molar-refractivity contribution in [3.63, 3.8) is 0 Å². The molecule has 0 spiro atoms. The fourth-order valence-corrected chi connectivity index (χ4v) is 3.92. The maximum atomic E-state index is 12.5. The highest BCUT2D eigenvalue weighted by Gasteiger charge is 2.41. The minimum absolute atomic E-state index is 0.0120. The summed E-state index contributed by atoms with van der Waals surface area (Å²) < 4.78 is 7.93. The number of amides is 1. The van der Waals surface area contributed by atoms with Crippen LogP contribution in [-0.2, 0) is 29.7 Å². The van der Waals surface area contributed by atoms with Gasteiger partial charge in [-0.25, -0.2) is 0 Å².